The zero-order valence-electron chi connectivity index (χ0n) is 8.20. The lowest BCUT2D eigenvalue weighted by atomic mass is 10.1. The highest BCUT2D eigenvalue weighted by atomic mass is 79.9. The largest absolute Gasteiger partial charge is 0.250 e. The van der Waals surface area contributed by atoms with Crippen LogP contribution in [0, 0.1) is 5.92 Å². The molecule has 0 amide bonds. The van der Waals surface area contributed by atoms with Crippen LogP contribution in [0.2, 0.25) is 0 Å². The van der Waals surface area contributed by atoms with Crippen molar-refractivity contribution in [2.75, 3.05) is 5.33 Å². The van der Waals surface area contributed by atoms with E-state index in [2.05, 4.69) is 39.9 Å². The van der Waals surface area contributed by atoms with Gasteiger partial charge in [-0.2, -0.15) is 5.10 Å². The molecule has 1 unspecified atom stereocenters. The first-order valence-corrected chi connectivity index (χ1v) is 5.82. The minimum absolute atomic E-state index is 0.710. The first-order valence-electron chi connectivity index (χ1n) is 4.70. The molecule has 0 radical (unpaired) electrons. The van der Waals surface area contributed by atoms with Crippen LogP contribution in [-0.4, -0.2) is 20.1 Å². The van der Waals surface area contributed by atoms with Crippen molar-refractivity contribution >= 4 is 15.9 Å². The molecule has 0 spiro atoms. The number of hydrogen-bond donors (Lipinski definition) is 0. The van der Waals surface area contributed by atoms with Gasteiger partial charge in [-0.25, -0.2) is 4.98 Å². The van der Waals surface area contributed by atoms with Gasteiger partial charge in [-0.1, -0.05) is 22.9 Å². The number of aryl methyl sites for hydroxylation is 2. The Labute approximate surface area is 87.7 Å². The third kappa shape index (κ3) is 3.10. The third-order valence-corrected chi connectivity index (χ3v) is 3.22. The number of rotatable bonds is 5. The molecule has 0 fully saturated rings. The van der Waals surface area contributed by atoms with Crippen molar-refractivity contribution in [1.29, 1.82) is 0 Å². The summed E-state index contributed by atoms with van der Waals surface area (Å²) < 4.78 is 1.96. The lowest BCUT2D eigenvalue weighted by Gasteiger charge is -2.06. The summed E-state index contributed by atoms with van der Waals surface area (Å²) >= 11 is 3.47. The third-order valence-electron chi connectivity index (χ3n) is 2.12. The Bertz CT molecular complexity index is 247. The number of aromatic nitrogens is 3. The van der Waals surface area contributed by atoms with Crippen LogP contribution in [0.4, 0.5) is 0 Å². The molecule has 0 aliphatic heterocycles. The Balaban J connectivity index is 2.44. The second-order valence-corrected chi connectivity index (χ2v) is 3.94. The minimum atomic E-state index is 0.710. The Morgan fingerprint density at radius 1 is 1.62 bits per heavy atom. The average Bonchev–Trinajstić information content (AvgIpc) is 2.61. The topological polar surface area (TPSA) is 30.7 Å². The quantitative estimate of drug-likeness (QED) is 0.746. The number of alkyl halides is 1. The SMILES string of the molecule is CCn1ncnc1CCC(C)CBr. The van der Waals surface area contributed by atoms with Gasteiger partial charge < -0.3 is 0 Å². The molecule has 0 aliphatic carbocycles. The van der Waals surface area contributed by atoms with Crippen LogP contribution >= 0.6 is 15.9 Å². The number of hydrogen-bond acceptors (Lipinski definition) is 2. The molecular weight excluding hydrogens is 230 g/mol. The standard InChI is InChI=1S/C9H16BrN3/c1-3-13-9(11-7-12-13)5-4-8(2)6-10/h7-8H,3-6H2,1-2H3. The molecule has 1 atom stereocenters. The van der Waals surface area contributed by atoms with Gasteiger partial charge in [-0.05, 0) is 19.3 Å². The molecule has 13 heavy (non-hydrogen) atoms. The predicted molar refractivity (Wildman–Crippen MR) is 57.0 cm³/mol. The van der Waals surface area contributed by atoms with E-state index < -0.39 is 0 Å². The Kier molecular flexibility index (Phi) is 4.42. The Morgan fingerprint density at radius 3 is 3.00 bits per heavy atom. The highest BCUT2D eigenvalue weighted by Crippen LogP contribution is 2.09. The van der Waals surface area contributed by atoms with Crippen molar-refractivity contribution in [2.24, 2.45) is 5.92 Å². The fourth-order valence-electron chi connectivity index (χ4n) is 1.20. The molecule has 74 valence electrons. The normalized spacial score (nSPS) is 13.2. The van der Waals surface area contributed by atoms with E-state index in [-0.39, 0.29) is 0 Å². The molecule has 1 heterocycles. The number of nitrogens with zero attached hydrogens (tertiary/aromatic N) is 3. The first-order chi connectivity index (χ1) is 6.27. The zero-order chi connectivity index (χ0) is 9.68. The molecule has 0 bridgehead atoms. The molecule has 0 aromatic carbocycles. The average molecular weight is 246 g/mol. The van der Waals surface area contributed by atoms with Gasteiger partial charge in [0.15, 0.2) is 0 Å². The molecule has 0 saturated heterocycles. The van der Waals surface area contributed by atoms with Gasteiger partial charge in [0.1, 0.15) is 12.2 Å². The predicted octanol–water partition coefficient (Wildman–Crippen LogP) is 2.26. The molecule has 4 heteroatoms. The van der Waals surface area contributed by atoms with Crippen LogP contribution in [0.25, 0.3) is 0 Å². The van der Waals surface area contributed by atoms with Gasteiger partial charge in [-0.3, -0.25) is 4.68 Å². The second kappa shape index (κ2) is 5.37. The maximum absolute atomic E-state index is 4.23. The summed E-state index contributed by atoms with van der Waals surface area (Å²) in [4.78, 5) is 4.23. The summed E-state index contributed by atoms with van der Waals surface area (Å²) in [5.74, 6) is 1.82. The van der Waals surface area contributed by atoms with Crippen LogP contribution in [0.15, 0.2) is 6.33 Å². The second-order valence-electron chi connectivity index (χ2n) is 3.29. The highest BCUT2D eigenvalue weighted by molar-refractivity contribution is 9.09. The van der Waals surface area contributed by atoms with Gasteiger partial charge in [0, 0.05) is 18.3 Å². The fraction of sp³-hybridized carbons (Fsp3) is 0.778. The van der Waals surface area contributed by atoms with Gasteiger partial charge in [0.05, 0.1) is 0 Å². The van der Waals surface area contributed by atoms with E-state index in [0.29, 0.717) is 5.92 Å². The summed E-state index contributed by atoms with van der Waals surface area (Å²) in [6, 6.07) is 0. The molecule has 1 aromatic heterocycles. The van der Waals surface area contributed by atoms with Gasteiger partial charge in [-0.15, -0.1) is 0 Å². The Hall–Kier alpha value is -0.380. The van der Waals surface area contributed by atoms with E-state index >= 15 is 0 Å². The summed E-state index contributed by atoms with van der Waals surface area (Å²) in [6.45, 7) is 5.24. The Morgan fingerprint density at radius 2 is 2.38 bits per heavy atom. The van der Waals surface area contributed by atoms with Gasteiger partial charge >= 0.3 is 0 Å². The molecule has 0 N–H and O–H groups in total. The van der Waals surface area contributed by atoms with Crippen molar-refractivity contribution in [3.63, 3.8) is 0 Å². The minimum Gasteiger partial charge on any atom is -0.250 e. The molecule has 3 nitrogen and oxygen atoms in total. The number of halogens is 1. The van der Waals surface area contributed by atoms with Crippen molar-refractivity contribution in [3.05, 3.63) is 12.2 Å². The first kappa shape index (κ1) is 10.7. The van der Waals surface area contributed by atoms with Crippen molar-refractivity contribution in [1.82, 2.24) is 14.8 Å². The lowest BCUT2D eigenvalue weighted by molar-refractivity contribution is 0.548. The van der Waals surface area contributed by atoms with E-state index in [0.717, 1.165) is 24.1 Å². The fourth-order valence-corrected chi connectivity index (χ4v) is 1.52. The zero-order valence-corrected chi connectivity index (χ0v) is 9.79. The van der Waals surface area contributed by atoms with Crippen LogP contribution < -0.4 is 0 Å². The van der Waals surface area contributed by atoms with E-state index in [1.54, 1.807) is 6.33 Å². The van der Waals surface area contributed by atoms with Crippen LogP contribution in [0.1, 0.15) is 26.1 Å². The summed E-state index contributed by atoms with van der Waals surface area (Å²) in [7, 11) is 0. The van der Waals surface area contributed by atoms with Crippen molar-refractivity contribution < 1.29 is 0 Å². The summed E-state index contributed by atoms with van der Waals surface area (Å²) in [5, 5.41) is 5.20. The summed E-state index contributed by atoms with van der Waals surface area (Å²) in [5.41, 5.74) is 0. The van der Waals surface area contributed by atoms with E-state index in [1.165, 1.54) is 6.42 Å². The van der Waals surface area contributed by atoms with Crippen LogP contribution in [0.5, 0.6) is 0 Å². The monoisotopic (exact) mass is 245 g/mol. The lowest BCUT2D eigenvalue weighted by Crippen LogP contribution is -2.06. The molecule has 0 saturated carbocycles. The van der Waals surface area contributed by atoms with Crippen LogP contribution in [0.3, 0.4) is 0 Å². The van der Waals surface area contributed by atoms with Crippen molar-refractivity contribution in [2.45, 2.75) is 33.2 Å². The van der Waals surface area contributed by atoms with Gasteiger partial charge in [0.2, 0.25) is 0 Å². The molecule has 1 aromatic rings. The van der Waals surface area contributed by atoms with E-state index in [4.69, 9.17) is 0 Å². The maximum Gasteiger partial charge on any atom is 0.138 e. The maximum atomic E-state index is 4.23. The molecule has 0 aliphatic rings. The van der Waals surface area contributed by atoms with E-state index in [1.807, 2.05) is 4.68 Å². The van der Waals surface area contributed by atoms with Gasteiger partial charge in [0.25, 0.3) is 0 Å². The molecule has 1 rings (SSSR count). The highest BCUT2D eigenvalue weighted by Gasteiger charge is 2.05. The smallest absolute Gasteiger partial charge is 0.138 e. The van der Waals surface area contributed by atoms with E-state index in [9.17, 15) is 0 Å². The van der Waals surface area contributed by atoms with Crippen molar-refractivity contribution in [3.8, 4) is 0 Å². The van der Waals surface area contributed by atoms with Crippen LogP contribution in [-0.2, 0) is 13.0 Å². The summed E-state index contributed by atoms with van der Waals surface area (Å²) in [6.07, 6.45) is 3.84. The molecular formula is C9H16BrN3.